The largest absolute Gasteiger partial charge is 0.348 e. The minimum absolute atomic E-state index is 0.0383. The molecule has 0 aromatic heterocycles. The summed E-state index contributed by atoms with van der Waals surface area (Å²) in [5, 5.41) is 0. The molecule has 3 nitrogen and oxygen atoms in total. The molecule has 0 aromatic rings. The van der Waals surface area contributed by atoms with Crippen LogP contribution in [0.15, 0.2) is 0 Å². The van der Waals surface area contributed by atoms with Crippen LogP contribution in [0.4, 0.5) is 0 Å². The van der Waals surface area contributed by atoms with Crippen molar-refractivity contribution in [1.29, 1.82) is 0 Å². The predicted octanol–water partition coefficient (Wildman–Crippen LogP) is 3.18. The fourth-order valence-corrected chi connectivity index (χ4v) is 2.82. The Hall–Kier alpha value is -0.120. The molecule has 3 heteroatoms. The van der Waals surface area contributed by atoms with E-state index in [0.29, 0.717) is 6.61 Å². The van der Waals surface area contributed by atoms with E-state index in [9.17, 15) is 0 Å². The van der Waals surface area contributed by atoms with Crippen molar-refractivity contribution < 1.29 is 14.5 Å². The number of fused-ring (bicyclic) bond motifs is 2. The lowest BCUT2D eigenvalue weighted by molar-refractivity contribution is -0.396. The third-order valence-electron chi connectivity index (χ3n) is 3.55. The monoisotopic (exact) mass is 214 g/mol. The Morgan fingerprint density at radius 1 is 1.20 bits per heavy atom. The molecular weight excluding hydrogens is 192 g/mol. The van der Waals surface area contributed by atoms with Crippen LogP contribution >= 0.6 is 0 Å². The molecule has 2 fully saturated rings. The number of hydrogen-bond donors (Lipinski definition) is 0. The van der Waals surface area contributed by atoms with Gasteiger partial charge in [-0.25, -0.2) is 9.78 Å². The molecule has 1 aliphatic carbocycles. The summed E-state index contributed by atoms with van der Waals surface area (Å²) in [4.78, 5) is 11.1. The standard InChI is InChI=1S/C12H22O3/c1-3-5-7-11-8-6-9-12(10-11,13-4-2)15-14-11/h3-10H2,1-2H3/t11-,12+/m1/s1. The van der Waals surface area contributed by atoms with Crippen molar-refractivity contribution >= 4 is 0 Å². The van der Waals surface area contributed by atoms with Gasteiger partial charge in [0.15, 0.2) is 0 Å². The molecule has 2 aliphatic rings. The van der Waals surface area contributed by atoms with Crippen molar-refractivity contribution in [3.05, 3.63) is 0 Å². The number of ether oxygens (including phenoxy) is 1. The molecule has 1 saturated carbocycles. The zero-order valence-corrected chi connectivity index (χ0v) is 9.88. The average molecular weight is 214 g/mol. The second-order valence-electron chi connectivity index (χ2n) is 4.83. The van der Waals surface area contributed by atoms with E-state index in [1.54, 1.807) is 0 Å². The fourth-order valence-electron chi connectivity index (χ4n) is 2.82. The van der Waals surface area contributed by atoms with Crippen LogP contribution in [-0.4, -0.2) is 18.0 Å². The quantitative estimate of drug-likeness (QED) is 0.658. The first-order chi connectivity index (χ1) is 7.24. The van der Waals surface area contributed by atoms with Crippen LogP contribution in [-0.2, 0) is 14.5 Å². The lowest BCUT2D eigenvalue weighted by Crippen LogP contribution is -2.39. The number of hydrogen-bond acceptors (Lipinski definition) is 3. The van der Waals surface area contributed by atoms with Gasteiger partial charge in [0.1, 0.15) is 5.60 Å². The second kappa shape index (κ2) is 4.40. The van der Waals surface area contributed by atoms with E-state index in [-0.39, 0.29) is 5.60 Å². The van der Waals surface area contributed by atoms with Crippen LogP contribution in [0.1, 0.15) is 58.8 Å². The van der Waals surface area contributed by atoms with Gasteiger partial charge in [-0.3, -0.25) is 0 Å². The zero-order chi connectivity index (χ0) is 10.8. The van der Waals surface area contributed by atoms with Crippen LogP contribution in [0, 0.1) is 0 Å². The molecule has 15 heavy (non-hydrogen) atoms. The van der Waals surface area contributed by atoms with Gasteiger partial charge in [-0.2, -0.15) is 0 Å². The summed E-state index contributed by atoms with van der Waals surface area (Å²) in [5.74, 6) is -0.416. The van der Waals surface area contributed by atoms with Crippen LogP contribution < -0.4 is 0 Å². The second-order valence-corrected chi connectivity index (χ2v) is 4.83. The van der Waals surface area contributed by atoms with Gasteiger partial charge in [-0.1, -0.05) is 19.8 Å². The Morgan fingerprint density at radius 2 is 2.07 bits per heavy atom. The fraction of sp³-hybridized carbons (Fsp3) is 1.00. The number of rotatable bonds is 5. The molecule has 2 atom stereocenters. The zero-order valence-electron chi connectivity index (χ0n) is 9.88. The van der Waals surface area contributed by atoms with E-state index in [1.165, 1.54) is 12.8 Å². The van der Waals surface area contributed by atoms with E-state index in [2.05, 4.69) is 6.92 Å². The normalized spacial score (nSPS) is 39.6. The van der Waals surface area contributed by atoms with Crippen molar-refractivity contribution in [1.82, 2.24) is 0 Å². The van der Waals surface area contributed by atoms with E-state index < -0.39 is 5.79 Å². The summed E-state index contributed by atoms with van der Waals surface area (Å²) in [6.07, 6.45) is 7.73. The van der Waals surface area contributed by atoms with Gasteiger partial charge in [0, 0.05) is 19.4 Å². The van der Waals surface area contributed by atoms with Crippen LogP contribution in [0.3, 0.4) is 0 Å². The highest BCUT2D eigenvalue weighted by molar-refractivity contribution is 4.95. The maximum atomic E-state index is 5.72. The molecule has 0 spiro atoms. The van der Waals surface area contributed by atoms with Gasteiger partial charge in [-0.15, -0.1) is 0 Å². The topological polar surface area (TPSA) is 27.7 Å². The van der Waals surface area contributed by atoms with Crippen LogP contribution in [0.25, 0.3) is 0 Å². The van der Waals surface area contributed by atoms with E-state index in [4.69, 9.17) is 14.5 Å². The Bertz CT molecular complexity index is 215. The summed E-state index contributed by atoms with van der Waals surface area (Å²) in [5.41, 5.74) is -0.0383. The van der Waals surface area contributed by atoms with Gasteiger partial charge in [-0.05, 0) is 26.2 Å². The summed E-state index contributed by atoms with van der Waals surface area (Å²) >= 11 is 0. The van der Waals surface area contributed by atoms with Crippen LogP contribution in [0.5, 0.6) is 0 Å². The molecule has 0 N–H and O–H groups in total. The van der Waals surface area contributed by atoms with Crippen molar-refractivity contribution in [2.75, 3.05) is 6.61 Å². The first-order valence-corrected chi connectivity index (χ1v) is 6.25. The molecule has 1 heterocycles. The first-order valence-electron chi connectivity index (χ1n) is 6.25. The molecular formula is C12H22O3. The maximum absolute atomic E-state index is 5.72. The van der Waals surface area contributed by atoms with Crippen molar-refractivity contribution in [2.45, 2.75) is 70.2 Å². The van der Waals surface area contributed by atoms with Crippen molar-refractivity contribution in [3.63, 3.8) is 0 Å². The smallest absolute Gasteiger partial charge is 0.204 e. The summed E-state index contributed by atoms with van der Waals surface area (Å²) < 4.78 is 5.72. The molecule has 2 bridgehead atoms. The Morgan fingerprint density at radius 3 is 2.80 bits per heavy atom. The molecule has 0 unspecified atom stereocenters. The van der Waals surface area contributed by atoms with Gasteiger partial charge in [0.2, 0.25) is 5.79 Å². The highest BCUT2D eigenvalue weighted by atomic mass is 17.2. The van der Waals surface area contributed by atoms with Crippen LogP contribution in [0.2, 0.25) is 0 Å². The summed E-state index contributed by atoms with van der Waals surface area (Å²) in [6.45, 7) is 4.93. The van der Waals surface area contributed by atoms with E-state index >= 15 is 0 Å². The van der Waals surface area contributed by atoms with Gasteiger partial charge in [0.05, 0.1) is 0 Å². The van der Waals surface area contributed by atoms with Gasteiger partial charge >= 0.3 is 0 Å². The molecule has 2 rings (SSSR count). The molecule has 0 aromatic carbocycles. The predicted molar refractivity (Wildman–Crippen MR) is 57.3 cm³/mol. The van der Waals surface area contributed by atoms with Gasteiger partial charge < -0.3 is 4.74 Å². The highest BCUT2D eigenvalue weighted by Gasteiger charge is 2.55. The maximum Gasteiger partial charge on any atom is 0.204 e. The molecule has 88 valence electrons. The van der Waals surface area contributed by atoms with Crippen molar-refractivity contribution in [2.24, 2.45) is 0 Å². The summed E-state index contributed by atoms with van der Waals surface area (Å²) in [7, 11) is 0. The first kappa shape index (κ1) is 11.4. The third-order valence-corrected chi connectivity index (χ3v) is 3.55. The Kier molecular flexibility index (Phi) is 3.33. The third kappa shape index (κ3) is 2.19. The molecule has 0 radical (unpaired) electrons. The Labute approximate surface area is 92.0 Å². The van der Waals surface area contributed by atoms with E-state index in [1.807, 2.05) is 6.92 Å². The van der Waals surface area contributed by atoms with E-state index in [0.717, 1.165) is 32.1 Å². The molecule has 1 saturated heterocycles. The SMILES string of the molecule is CCCC[C@@]12CCC[C@@](OCC)(C1)OO2. The Balaban J connectivity index is 1.99. The van der Waals surface area contributed by atoms with Gasteiger partial charge in [0.25, 0.3) is 0 Å². The highest BCUT2D eigenvalue weighted by Crippen LogP contribution is 2.49. The lowest BCUT2D eigenvalue weighted by Gasteiger charge is -2.33. The van der Waals surface area contributed by atoms with Crippen molar-refractivity contribution in [3.8, 4) is 0 Å². The molecule has 0 amide bonds. The minimum Gasteiger partial charge on any atom is -0.348 e. The molecule has 1 aliphatic heterocycles. The number of unbranched alkanes of at least 4 members (excludes halogenated alkanes) is 1. The lowest BCUT2D eigenvalue weighted by atomic mass is 9.79. The average Bonchev–Trinajstić information content (AvgIpc) is 2.49. The summed E-state index contributed by atoms with van der Waals surface area (Å²) in [6, 6.07) is 0. The minimum atomic E-state index is -0.416.